The van der Waals surface area contributed by atoms with Crippen molar-refractivity contribution in [2.75, 3.05) is 5.73 Å². The number of nitrogen functional groups attached to an aromatic ring is 1. The van der Waals surface area contributed by atoms with E-state index < -0.39 is 0 Å². The number of aromatic nitrogens is 3. The Bertz CT molecular complexity index is 698. The molecule has 0 saturated heterocycles. The van der Waals surface area contributed by atoms with Gasteiger partial charge in [-0.15, -0.1) is 0 Å². The standard InChI is InChI=1S/C11H10N4O2S/c1-5-8(18-11(12)13-5)10-14-9(15-17-10)7-3-4-16-6(7)2/h3-4H,1-2H3,(H2,12,13). The van der Waals surface area contributed by atoms with Crippen LogP contribution < -0.4 is 5.73 Å². The molecule has 2 N–H and O–H groups in total. The minimum Gasteiger partial charge on any atom is -0.469 e. The van der Waals surface area contributed by atoms with Crippen LogP contribution in [0.1, 0.15) is 11.5 Å². The summed E-state index contributed by atoms with van der Waals surface area (Å²) in [7, 11) is 0. The fourth-order valence-electron chi connectivity index (χ4n) is 1.66. The molecule has 3 aromatic rings. The largest absolute Gasteiger partial charge is 0.469 e. The maximum absolute atomic E-state index is 5.64. The SMILES string of the molecule is Cc1nc(N)sc1-c1nc(-c2ccoc2C)no1. The molecule has 0 aliphatic carbocycles. The van der Waals surface area contributed by atoms with Gasteiger partial charge in [0.2, 0.25) is 5.82 Å². The molecule has 3 aromatic heterocycles. The minimum absolute atomic E-state index is 0.428. The fraction of sp³-hybridized carbons (Fsp3) is 0.182. The van der Waals surface area contributed by atoms with Crippen LogP contribution in [-0.4, -0.2) is 15.1 Å². The molecule has 0 aliphatic rings. The molecule has 3 rings (SSSR count). The number of nitrogens with zero attached hydrogens (tertiary/aromatic N) is 3. The smallest absolute Gasteiger partial charge is 0.270 e. The van der Waals surface area contributed by atoms with Crippen molar-refractivity contribution in [1.29, 1.82) is 0 Å². The van der Waals surface area contributed by atoms with Crippen molar-refractivity contribution in [2.24, 2.45) is 0 Å². The Morgan fingerprint density at radius 3 is 2.72 bits per heavy atom. The third-order valence-electron chi connectivity index (χ3n) is 2.53. The zero-order valence-electron chi connectivity index (χ0n) is 9.80. The minimum atomic E-state index is 0.428. The van der Waals surface area contributed by atoms with Crippen molar-refractivity contribution in [3.05, 3.63) is 23.8 Å². The zero-order chi connectivity index (χ0) is 12.7. The van der Waals surface area contributed by atoms with Crippen LogP contribution in [0.25, 0.3) is 22.2 Å². The maximum Gasteiger partial charge on any atom is 0.270 e. The molecule has 92 valence electrons. The first-order valence-corrected chi connectivity index (χ1v) is 6.08. The van der Waals surface area contributed by atoms with Crippen LogP contribution in [0, 0.1) is 13.8 Å². The lowest BCUT2D eigenvalue weighted by molar-refractivity contribution is 0.432. The van der Waals surface area contributed by atoms with Crippen molar-refractivity contribution in [2.45, 2.75) is 13.8 Å². The first-order chi connectivity index (χ1) is 8.65. The van der Waals surface area contributed by atoms with Crippen molar-refractivity contribution in [3.63, 3.8) is 0 Å². The molecular formula is C11H10N4O2S. The van der Waals surface area contributed by atoms with Crippen LogP contribution in [-0.2, 0) is 0 Å². The Labute approximate surface area is 106 Å². The van der Waals surface area contributed by atoms with E-state index in [1.807, 2.05) is 13.8 Å². The van der Waals surface area contributed by atoms with Crippen LogP contribution in [0.15, 0.2) is 21.3 Å². The highest BCUT2D eigenvalue weighted by molar-refractivity contribution is 7.18. The molecule has 7 heteroatoms. The van der Waals surface area contributed by atoms with Gasteiger partial charge < -0.3 is 14.7 Å². The number of furan rings is 1. The molecule has 0 fully saturated rings. The highest BCUT2D eigenvalue weighted by Gasteiger charge is 2.17. The summed E-state index contributed by atoms with van der Waals surface area (Å²) in [5.74, 6) is 1.68. The molecule has 0 amide bonds. The van der Waals surface area contributed by atoms with Crippen LogP contribution in [0.2, 0.25) is 0 Å². The summed E-state index contributed by atoms with van der Waals surface area (Å²) >= 11 is 1.33. The van der Waals surface area contributed by atoms with E-state index >= 15 is 0 Å². The van der Waals surface area contributed by atoms with E-state index in [1.54, 1.807) is 12.3 Å². The van der Waals surface area contributed by atoms with Crippen LogP contribution in [0.5, 0.6) is 0 Å². The molecule has 18 heavy (non-hydrogen) atoms. The quantitative estimate of drug-likeness (QED) is 0.763. The molecule has 3 heterocycles. The number of nitrogens with two attached hydrogens (primary N) is 1. The number of rotatable bonds is 2. The highest BCUT2D eigenvalue weighted by atomic mass is 32.1. The number of thiazole rings is 1. The molecule has 0 saturated carbocycles. The van der Waals surface area contributed by atoms with E-state index in [0.717, 1.165) is 21.9 Å². The molecule has 0 bridgehead atoms. The third-order valence-corrected chi connectivity index (χ3v) is 3.51. The van der Waals surface area contributed by atoms with Crippen molar-refractivity contribution < 1.29 is 8.94 Å². The number of aryl methyl sites for hydroxylation is 2. The number of anilines is 1. The van der Waals surface area contributed by atoms with Gasteiger partial charge in [0, 0.05) is 0 Å². The average Bonchev–Trinajstić information content (AvgIpc) is 2.98. The Morgan fingerprint density at radius 1 is 1.28 bits per heavy atom. The summed E-state index contributed by atoms with van der Waals surface area (Å²) in [6.07, 6.45) is 1.59. The number of hydrogen-bond acceptors (Lipinski definition) is 7. The molecule has 0 aromatic carbocycles. The molecule has 0 aliphatic heterocycles. The predicted octanol–water partition coefficient (Wildman–Crippen LogP) is 2.65. The molecular weight excluding hydrogens is 252 g/mol. The Morgan fingerprint density at radius 2 is 2.11 bits per heavy atom. The summed E-state index contributed by atoms with van der Waals surface area (Å²) in [5.41, 5.74) is 7.25. The third kappa shape index (κ3) is 1.68. The normalized spacial score (nSPS) is 11.0. The van der Waals surface area contributed by atoms with Gasteiger partial charge in [-0.3, -0.25) is 0 Å². The summed E-state index contributed by atoms with van der Waals surface area (Å²) in [4.78, 5) is 9.26. The average molecular weight is 262 g/mol. The second-order valence-corrected chi connectivity index (χ2v) is 4.81. The second kappa shape index (κ2) is 3.95. The van der Waals surface area contributed by atoms with Crippen LogP contribution >= 0.6 is 11.3 Å². The summed E-state index contributed by atoms with van der Waals surface area (Å²) in [5, 5.41) is 4.43. The van der Waals surface area contributed by atoms with E-state index in [4.69, 9.17) is 14.7 Å². The van der Waals surface area contributed by atoms with Gasteiger partial charge in [-0.2, -0.15) is 4.98 Å². The van der Waals surface area contributed by atoms with Gasteiger partial charge in [0.15, 0.2) is 5.13 Å². The summed E-state index contributed by atoms with van der Waals surface area (Å²) in [6.45, 7) is 3.70. The van der Waals surface area contributed by atoms with E-state index in [-0.39, 0.29) is 0 Å². The topological polar surface area (TPSA) is 91.0 Å². The van der Waals surface area contributed by atoms with Gasteiger partial charge in [0.05, 0.1) is 17.5 Å². The molecule has 0 unspecified atom stereocenters. The van der Waals surface area contributed by atoms with E-state index in [2.05, 4.69) is 15.1 Å². The second-order valence-electron chi connectivity index (χ2n) is 3.78. The van der Waals surface area contributed by atoms with Gasteiger partial charge in [-0.1, -0.05) is 16.5 Å². The van der Waals surface area contributed by atoms with Gasteiger partial charge in [0.1, 0.15) is 10.6 Å². The van der Waals surface area contributed by atoms with Crippen molar-refractivity contribution >= 4 is 16.5 Å². The molecule has 0 radical (unpaired) electrons. The van der Waals surface area contributed by atoms with Gasteiger partial charge >= 0.3 is 0 Å². The van der Waals surface area contributed by atoms with E-state index in [0.29, 0.717) is 16.8 Å². The Balaban J connectivity index is 2.05. The van der Waals surface area contributed by atoms with Gasteiger partial charge in [-0.05, 0) is 19.9 Å². The summed E-state index contributed by atoms with van der Waals surface area (Å²) < 4.78 is 10.4. The Kier molecular flexibility index (Phi) is 2.41. The predicted molar refractivity (Wildman–Crippen MR) is 67.0 cm³/mol. The fourth-order valence-corrected chi connectivity index (χ4v) is 2.41. The zero-order valence-corrected chi connectivity index (χ0v) is 10.6. The van der Waals surface area contributed by atoms with E-state index in [1.165, 1.54) is 11.3 Å². The lowest BCUT2D eigenvalue weighted by atomic mass is 10.2. The molecule has 6 nitrogen and oxygen atoms in total. The molecule has 0 atom stereocenters. The maximum atomic E-state index is 5.64. The first-order valence-electron chi connectivity index (χ1n) is 5.26. The van der Waals surface area contributed by atoms with Crippen LogP contribution in [0.4, 0.5) is 5.13 Å². The monoisotopic (exact) mass is 262 g/mol. The molecule has 0 spiro atoms. The van der Waals surface area contributed by atoms with E-state index in [9.17, 15) is 0 Å². The van der Waals surface area contributed by atoms with Gasteiger partial charge in [0.25, 0.3) is 5.89 Å². The number of hydrogen-bond donors (Lipinski definition) is 1. The Hall–Kier alpha value is -2.15. The summed E-state index contributed by atoms with van der Waals surface area (Å²) in [6, 6.07) is 1.80. The first kappa shape index (κ1) is 11.0. The van der Waals surface area contributed by atoms with Gasteiger partial charge in [-0.25, -0.2) is 4.98 Å². The lowest BCUT2D eigenvalue weighted by Crippen LogP contribution is -1.82. The van der Waals surface area contributed by atoms with Crippen molar-refractivity contribution in [3.8, 4) is 22.2 Å². The van der Waals surface area contributed by atoms with Crippen LogP contribution in [0.3, 0.4) is 0 Å². The van der Waals surface area contributed by atoms with Crippen molar-refractivity contribution in [1.82, 2.24) is 15.1 Å². The lowest BCUT2D eigenvalue weighted by Gasteiger charge is -1.88. The highest BCUT2D eigenvalue weighted by Crippen LogP contribution is 2.31.